The van der Waals surface area contributed by atoms with E-state index in [0.29, 0.717) is 18.6 Å². The van der Waals surface area contributed by atoms with E-state index >= 15 is 0 Å². The highest BCUT2D eigenvalue weighted by Gasteiger charge is 2.31. The van der Waals surface area contributed by atoms with E-state index in [0.717, 1.165) is 25.1 Å². The van der Waals surface area contributed by atoms with Crippen molar-refractivity contribution in [1.29, 1.82) is 0 Å². The van der Waals surface area contributed by atoms with Gasteiger partial charge in [0.15, 0.2) is 0 Å². The highest BCUT2D eigenvalue weighted by atomic mass is 35.5. The van der Waals surface area contributed by atoms with Gasteiger partial charge in [0.1, 0.15) is 5.75 Å². The van der Waals surface area contributed by atoms with E-state index in [1.54, 1.807) is 6.07 Å². The summed E-state index contributed by atoms with van der Waals surface area (Å²) in [6.45, 7) is 2.61. The van der Waals surface area contributed by atoms with Gasteiger partial charge in [0, 0.05) is 31.7 Å². The van der Waals surface area contributed by atoms with Gasteiger partial charge in [-0.2, -0.15) is 0 Å². The normalized spacial score (nSPS) is 25.4. The Balaban J connectivity index is 0.00000176. The Morgan fingerprint density at radius 3 is 2.73 bits per heavy atom. The molecule has 3 nitrogen and oxygen atoms in total. The third-order valence-corrected chi connectivity index (χ3v) is 4.15. The first-order chi connectivity index (χ1) is 9.98. The molecule has 2 bridgehead atoms. The van der Waals surface area contributed by atoms with Crippen molar-refractivity contribution in [3.8, 4) is 5.75 Å². The van der Waals surface area contributed by atoms with Crippen LogP contribution in [0.2, 0.25) is 0 Å². The fourth-order valence-electron chi connectivity index (χ4n) is 3.26. The molecule has 2 aliphatic heterocycles. The van der Waals surface area contributed by atoms with Crippen LogP contribution < -0.4 is 10.1 Å². The molecule has 7 heteroatoms. The first-order valence-corrected chi connectivity index (χ1v) is 7.31. The number of nitrogens with zero attached hydrogens (tertiary/aromatic N) is 1. The van der Waals surface area contributed by atoms with Crippen LogP contribution in [0.4, 0.5) is 13.2 Å². The van der Waals surface area contributed by atoms with E-state index in [9.17, 15) is 13.2 Å². The van der Waals surface area contributed by atoms with Crippen LogP contribution in [0, 0.1) is 0 Å². The monoisotopic (exact) mass is 336 g/mol. The average Bonchev–Trinajstić information content (AvgIpc) is 2.71. The standard InChI is InChI=1S/C15H19F3N2O.ClH/c16-15(17,18)21-14-3-1-2-11(8-14)9-20-7-6-12-4-5-13(10-20)19-12;/h1-3,8,12-13,19H,4-7,9-10H2;1H. The van der Waals surface area contributed by atoms with Gasteiger partial charge in [0.05, 0.1) is 0 Å². The third-order valence-electron chi connectivity index (χ3n) is 4.15. The van der Waals surface area contributed by atoms with Gasteiger partial charge in [-0.3, -0.25) is 4.90 Å². The minimum atomic E-state index is -4.63. The highest BCUT2D eigenvalue weighted by Crippen LogP contribution is 2.25. The quantitative estimate of drug-likeness (QED) is 0.916. The summed E-state index contributed by atoms with van der Waals surface area (Å²) in [5.74, 6) is -0.144. The minimum Gasteiger partial charge on any atom is -0.406 e. The Hall–Kier alpha value is -0.980. The smallest absolute Gasteiger partial charge is 0.406 e. The average molecular weight is 337 g/mol. The number of halogens is 4. The molecule has 2 atom stereocenters. The topological polar surface area (TPSA) is 24.5 Å². The molecule has 0 radical (unpaired) electrons. The molecular formula is C15H20ClF3N2O. The molecule has 2 unspecified atom stereocenters. The van der Waals surface area contributed by atoms with Crippen LogP contribution in [0.5, 0.6) is 5.75 Å². The van der Waals surface area contributed by atoms with Crippen LogP contribution >= 0.6 is 12.4 Å². The molecule has 0 aliphatic carbocycles. The van der Waals surface area contributed by atoms with Crippen LogP contribution in [0.1, 0.15) is 24.8 Å². The lowest BCUT2D eigenvalue weighted by Gasteiger charge is -2.24. The van der Waals surface area contributed by atoms with Gasteiger partial charge in [0.2, 0.25) is 0 Å². The maximum atomic E-state index is 12.2. The molecule has 3 rings (SSSR count). The van der Waals surface area contributed by atoms with E-state index in [-0.39, 0.29) is 18.2 Å². The summed E-state index contributed by atoms with van der Waals surface area (Å²) in [6, 6.07) is 7.40. The van der Waals surface area contributed by atoms with Crippen molar-refractivity contribution < 1.29 is 17.9 Å². The maximum Gasteiger partial charge on any atom is 0.573 e. The molecule has 2 heterocycles. The van der Waals surface area contributed by atoms with E-state index in [2.05, 4.69) is 15.0 Å². The van der Waals surface area contributed by atoms with E-state index in [1.807, 2.05) is 6.07 Å². The summed E-state index contributed by atoms with van der Waals surface area (Å²) in [4.78, 5) is 2.31. The van der Waals surface area contributed by atoms with Crippen molar-refractivity contribution in [3.05, 3.63) is 29.8 Å². The summed E-state index contributed by atoms with van der Waals surface area (Å²) < 4.78 is 40.7. The fraction of sp³-hybridized carbons (Fsp3) is 0.600. The summed E-state index contributed by atoms with van der Waals surface area (Å²) in [6.07, 6.45) is -1.09. The molecule has 2 aliphatic rings. The number of hydrogen-bond acceptors (Lipinski definition) is 3. The largest absolute Gasteiger partial charge is 0.573 e. The molecule has 0 amide bonds. The zero-order chi connectivity index (χ0) is 14.9. The highest BCUT2D eigenvalue weighted by molar-refractivity contribution is 5.85. The number of likely N-dealkylation sites (tertiary alicyclic amines) is 1. The lowest BCUT2D eigenvalue weighted by Crippen LogP contribution is -2.34. The summed E-state index contributed by atoms with van der Waals surface area (Å²) >= 11 is 0. The molecule has 1 N–H and O–H groups in total. The third kappa shape index (κ3) is 4.76. The lowest BCUT2D eigenvalue weighted by atomic mass is 10.1. The van der Waals surface area contributed by atoms with Gasteiger partial charge < -0.3 is 10.1 Å². The molecule has 0 saturated carbocycles. The summed E-state index contributed by atoms with van der Waals surface area (Å²) in [5, 5.41) is 3.60. The molecular weight excluding hydrogens is 317 g/mol. The number of alkyl halides is 3. The second kappa shape index (κ2) is 7.06. The predicted molar refractivity (Wildman–Crippen MR) is 80.2 cm³/mol. The Labute approximate surface area is 134 Å². The van der Waals surface area contributed by atoms with Gasteiger partial charge in [0.25, 0.3) is 0 Å². The predicted octanol–water partition coefficient (Wildman–Crippen LogP) is 3.33. The zero-order valence-corrected chi connectivity index (χ0v) is 12.9. The van der Waals surface area contributed by atoms with Gasteiger partial charge in [-0.05, 0) is 37.0 Å². The minimum absolute atomic E-state index is 0. The van der Waals surface area contributed by atoms with Crippen molar-refractivity contribution in [2.45, 2.75) is 44.3 Å². The van der Waals surface area contributed by atoms with Crippen molar-refractivity contribution >= 4 is 12.4 Å². The van der Waals surface area contributed by atoms with Crippen LogP contribution in [0.15, 0.2) is 24.3 Å². The Morgan fingerprint density at radius 2 is 1.95 bits per heavy atom. The van der Waals surface area contributed by atoms with Gasteiger partial charge in [-0.15, -0.1) is 25.6 Å². The Bertz CT molecular complexity index is 498. The van der Waals surface area contributed by atoms with Gasteiger partial charge in [-0.25, -0.2) is 0 Å². The lowest BCUT2D eigenvalue weighted by molar-refractivity contribution is -0.274. The molecule has 0 aromatic heterocycles. The molecule has 2 saturated heterocycles. The van der Waals surface area contributed by atoms with Crippen molar-refractivity contribution in [2.24, 2.45) is 0 Å². The molecule has 2 fully saturated rings. The van der Waals surface area contributed by atoms with E-state index in [1.165, 1.54) is 25.0 Å². The Kier molecular flexibility index (Phi) is 5.58. The molecule has 1 aromatic carbocycles. The summed E-state index contributed by atoms with van der Waals surface area (Å²) in [5.41, 5.74) is 0.856. The van der Waals surface area contributed by atoms with Crippen LogP contribution in [0.3, 0.4) is 0 Å². The van der Waals surface area contributed by atoms with Crippen molar-refractivity contribution in [1.82, 2.24) is 10.2 Å². The van der Waals surface area contributed by atoms with Gasteiger partial charge >= 0.3 is 6.36 Å². The number of fused-ring (bicyclic) bond motifs is 2. The maximum absolute atomic E-state index is 12.2. The molecule has 1 aromatic rings. The first kappa shape index (κ1) is 17.4. The summed E-state index contributed by atoms with van der Waals surface area (Å²) in [7, 11) is 0. The number of hydrogen-bond donors (Lipinski definition) is 1. The zero-order valence-electron chi connectivity index (χ0n) is 12.1. The van der Waals surface area contributed by atoms with Crippen molar-refractivity contribution in [3.63, 3.8) is 0 Å². The molecule has 22 heavy (non-hydrogen) atoms. The number of ether oxygens (including phenoxy) is 1. The first-order valence-electron chi connectivity index (χ1n) is 7.31. The van der Waals surface area contributed by atoms with Crippen LogP contribution in [-0.4, -0.2) is 36.4 Å². The molecule has 0 spiro atoms. The van der Waals surface area contributed by atoms with Gasteiger partial charge in [-0.1, -0.05) is 12.1 Å². The second-order valence-corrected chi connectivity index (χ2v) is 5.86. The number of benzene rings is 1. The SMILES string of the molecule is Cl.FC(F)(F)Oc1cccc(CN2CCC3CCC(C2)N3)c1. The van der Waals surface area contributed by atoms with Crippen LogP contribution in [-0.2, 0) is 6.54 Å². The number of rotatable bonds is 3. The van der Waals surface area contributed by atoms with Crippen LogP contribution in [0.25, 0.3) is 0 Å². The number of nitrogens with one attached hydrogen (secondary N) is 1. The second-order valence-electron chi connectivity index (χ2n) is 5.86. The van der Waals surface area contributed by atoms with Crippen molar-refractivity contribution in [2.75, 3.05) is 13.1 Å². The van der Waals surface area contributed by atoms with E-state index in [4.69, 9.17) is 0 Å². The van der Waals surface area contributed by atoms with E-state index < -0.39 is 6.36 Å². The Morgan fingerprint density at radius 1 is 1.18 bits per heavy atom. The molecule has 124 valence electrons. The fourth-order valence-corrected chi connectivity index (χ4v) is 3.26.